The number of likely N-dealkylation sites (tertiary alicyclic amines) is 2. The topological polar surface area (TPSA) is 53.4 Å². The quantitative estimate of drug-likeness (QED) is 0.673. The van der Waals surface area contributed by atoms with E-state index in [2.05, 4.69) is 68.1 Å². The van der Waals surface area contributed by atoms with Crippen LogP contribution >= 0.6 is 0 Å². The average molecular weight is 424 g/mol. The fraction of sp³-hybridized carbons (Fsp3) is 0.600. The molecule has 31 heavy (non-hydrogen) atoms. The molecule has 6 heteroatoms. The van der Waals surface area contributed by atoms with Crippen LogP contribution in [0, 0.1) is 5.92 Å². The highest BCUT2D eigenvalue weighted by atomic mass is 16.1. The summed E-state index contributed by atoms with van der Waals surface area (Å²) in [6, 6.07) is 10.9. The van der Waals surface area contributed by atoms with Crippen molar-refractivity contribution in [3.8, 4) is 0 Å². The molecule has 0 unspecified atom stereocenters. The summed E-state index contributed by atoms with van der Waals surface area (Å²) < 4.78 is 2.22. The van der Waals surface area contributed by atoms with E-state index in [9.17, 15) is 4.79 Å². The molecule has 0 bridgehead atoms. The number of piperidine rings is 1. The van der Waals surface area contributed by atoms with Crippen LogP contribution in [0.4, 0.5) is 0 Å². The van der Waals surface area contributed by atoms with E-state index in [1.165, 1.54) is 18.4 Å². The Hall–Kier alpha value is -2.18. The van der Waals surface area contributed by atoms with Gasteiger partial charge in [0, 0.05) is 51.0 Å². The minimum Gasteiger partial charge on any atom is -0.352 e. The molecule has 2 aromatic rings. The molecule has 3 heterocycles. The van der Waals surface area contributed by atoms with Gasteiger partial charge in [-0.05, 0) is 57.2 Å². The number of imidazole rings is 1. The minimum absolute atomic E-state index is 0.235. The minimum atomic E-state index is 0.235. The molecule has 4 rings (SSSR count). The van der Waals surface area contributed by atoms with Crippen LogP contribution in [-0.4, -0.2) is 57.5 Å². The van der Waals surface area contributed by atoms with Crippen LogP contribution in [0.3, 0.4) is 0 Å². The molecule has 0 radical (unpaired) electrons. The zero-order valence-electron chi connectivity index (χ0n) is 18.9. The number of aryl methyl sites for hydroxylation is 1. The molecular weight excluding hydrogens is 386 g/mol. The maximum absolute atomic E-state index is 12.5. The number of aromatic nitrogens is 2. The first kappa shape index (κ1) is 22.0. The van der Waals surface area contributed by atoms with E-state index in [1.807, 2.05) is 6.20 Å². The Balaban J connectivity index is 1.11. The zero-order valence-corrected chi connectivity index (χ0v) is 18.9. The number of carbonyl (C=O) groups excluding carboxylic acids is 1. The van der Waals surface area contributed by atoms with Crippen molar-refractivity contribution in [3.05, 3.63) is 54.1 Å². The number of hydrogen-bond donors (Lipinski definition) is 1. The van der Waals surface area contributed by atoms with Crippen molar-refractivity contribution in [3.63, 3.8) is 0 Å². The van der Waals surface area contributed by atoms with Crippen molar-refractivity contribution in [2.45, 2.75) is 64.7 Å². The van der Waals surface area contributed by atoms with Crippen molar-refractivity contribution in [2.24, 2.45) is 5.92 Å². The molecular formula is C25H37N5O. The van der Waals surface area contributed by atoms with Gasteiger partial charge in [-0.25, -0.2) is 4.98 Å². The number of nitrogens with one attached hydrogen (secondary N) is 1. The van der Waals surface area contributed by atoms with Crippen LogP contribution in [0.25, 0.3) is 0 Å². The van der Waals surface area contributed by atoms with Crippen LogP contribution in [0.1, 0.15) is 50.4 Å². The van der Waals surface area contributed by atoms with Gasteiger partial charge in [0.2, 0.25) is 5.91 Å². The molecule has 2 aliphatic heterocycles. The molecule has 2 fully saturated rings. The molecule has 1 aromatic carbocycles. The van der Waals surface area contributed by atoms with Gasteiger partial charge in [-0.2, -0.15) is 0 Å². The fourth-order valence-corrected chi connectivity index (χ4v) is 4.98. The highest BCUT2D eigenvalue weighted by Gasteiger charge is 2.25. The van der Waals surface area contributed by atoms with Gasteiger partial charge in [-0.1, -0.05) is 30.3 Å². The Labute approximate surface area is 186 Å². The first-order chi connectivity index (χ1) is 15.2. The van der Waals surface area contributed by atoms with Gasteiger partial charge in [0.05, 0.1) is 6.54 Å². The summed E-state index contributed by atoms with van der Waals surface area (Å²) in [4.78, 5) is 22.0. The molecule has 1 N–H and O–H groups in total. The average Bonchev–Trinajstić information content (AvgIpc) is 3.43. The highest BCUT2D eigenvalue weighted by Crippen LogP contribution is 2.23. The summed E-state index contributed by atoms with van der Waals surface area (Å²) in [6.45, 7) is 9.31. The van der Waals surface area contributed by atoms with E-state index in [-0.39, 0.29) is 5.91 Å². The monoisotopic (exact) mass is 423 g/mol. The number of amides is 1. The van der Waals surface area contributed by atoms with Gasteiger partial charge in [-0.3, -0.25) is 14.6 Å². The molecule has 2 saturated heterocycles. The molecule has 1 amide bonds. The van der Waals surface area contributed by atoms with Crippen molar-refractivity contribution in [1.29, 1.82) is 0 Å². The summed E-state index contributed by atoms with van der Waals surface area (Å²) in [5.41, 5.74) is 1.35. The Kier molecular flexibility index (Phi) is 7.76. The van der Waals surface area contributed by atoms with Crippen LogP contribution in [-0.2, 0) is 24.4 Å². The normalized spacial score (nSPS) is 20.9. The fourth-order valence-electron chi connectivity index (χ4n) is 4.98. The summed E-state index contributed by atoms with van der Waals surface area (Å²) >= 11 is 0. The first-order valence-electron chi connectivity index (χ1n) is 12.0. The third-order valence-corrected chi connectivity index (χ3v) is 6.88. The van der Waals surface area contributed by atoms with Crippen molar-refractivity contribution in [1.82, 2.24) is 24.7 Å². The molecule has 6 nitrogen and oxygen atoms in total. The largest absolute Gasteiger partial charge is 0.352 e. The van der Waals surface area contributed by atoms with E-state index in [0.717, 1.165) is 64.5 Å². The van der Waals surface area contributed by atoms with Crippen molar-refractivity contribution >= 4 is 5.91 Å². The third kappa shape index (κ3) is 6.40. The number of rotatable bonds is 9. The SMILES string of the molecule is CCn1ccnc1CN1CCC(CCC(=O)N[C@@H]2CCN(Cc3ccccc3)C2)CC1. The smallest absolute Gasteiger partial charge is 0.220 e. The molecule has 0 saturated carbocycles. The van der Waals surface area contributed by atoms with Crippen LogP contribution in [0.5, 0.6) is 0 Å². The lowest BCUT2D eigenvalue weighted by Crippen LogP contribution is -2.38. The maximum atomic E-state index is 12.5. The van der Waals surface area contributed by atoms with Crippen LogP contribution in [0.15, 0.2) is 42.7 Å². The summed E-state index contributed by atoms with van der Waals surface area (Å²) in [6.07, 6.45) is 9.08. The van der Waals surface area contributed by atoms with E-state index < -0.39 is 0 Å². The van der Waals surface area contributed by atoms with Crippen molar-refractivity contribution < 1.29 is 4.79 Å². The lowest BCUT2D eigenvalue weighted by molar-refractivity contribution is -0.122. The summed E-state index contributed by atoms with van der Waals surface area (Å²) in [5.74, 6) is 2.07. The predicted octanol–water partition coefficient (Wildman–Crippen LogP) is 3.29. The van der Waals surface area contributed by atoms with E-state index >= 15 is 0 Å². The van der Waals surface area contributed by atoms with Crippen LogP contribution in [0.2, 0.25) is 0 Å². The lowest BCUT2D eigenvalue weighted by Gasteiger charge is -2.31. The second kappa shape index (κ2) is 10.9. The van der Waals surface area contributed by atoms with E-state index in [4.69, 9.17) is 0 Å². The second-order valence-corrected chi connectivity index (χ2v) is 9.16. The first-order valence-corrected chi connectivity index (χ1v) is 12.0. The Bertz CT molecular complexity index is 812. The molecule has 1 atom stereocenters. The Morgan fingerprint density at radius 2 is 1.84 bits per heavy atom. The number of benzene rings is 1. The molecule has 0 aliphatic carbocycles. The number of carbonyl (C=O) groups is 1. The molecule has 2 aliphatic rings. The maximum Gasteiger partial charge on any atom is 0.220 e. The van der Waals surface area contributed by atoms with Gasteiger partial charge in [0.25, 0.3) is 0 Å². The van der Waals surface area contributed by atoms with E-state index in [0.29, 0.717) is 18.4 Å². The highest BCUT2D eigenvalue weighted by molar-refractivity contribution is 5.76. The standard InChI is InChI=1S/C25H37N5O/c1-2-30-17-13-26-24(30)20-28-14-10-21(11-15-28)8-9-25(31)27-23-12-16-29(19-23)18-22-6-4-3-5-7-22/h3-7,13,17,21,23H,2,8-12,14-16,18-20H2,1H3,(H,27,31)/t23-/m1/s1. The zero-order chi connectivity index (χ0) is 21.5. The third-order valence-electron chi connectivity index (χ3n) is 6.88. The summed E-state index contributed by atoms with van der Waals surface area (Å²) in [7, 11) is 0. The van der Waals surface area contributed by atoms with Gasteiger partial charge in [0.15, 0.2) is 0 Å². The van der Waals surface area contributed by atoms with Gasteiger partial charge >= 0.3 is 0 Å². The van der Waals surface area contributed by atoms with Crippen LogP contribution < -0.4 is 5.32 Å². The van der Waals surface area contributed by atoms with E-state index in [1.54, 1.807) is 0 Å². The number of hydrogen-bond acceptors (Lipinski definition) is 4. The number of nitrogens with zero attached hydrogens (tertiary/aromatic N) is 4. The molecule has 1 aromatic heterocycles. The lowest BCUT2D eigenvalue weighted by atomic mass is 9.92. The Morgan fingerprint density at radius 3 is 2.61 bits per heavy atom. The summed E-state index contributed by atoms with van der Waals surface area (Å²) in [5, 5.41) is 3.28. The van der Waals surface area contributed by atoms with Gasteiger partial charge in [-0.15, -0.1) is 0 Å². The predicted molar refractivity (Wildman–Crippen MR) is 123 cm³/mol. The van der Waals surface area contributed by atoms with Crippen molar-refractivity contribution in [2.75, 3.05) is 26.2 Å². The Morgan fingerprint density at radius 1 is 1.06 bits per heavy atom. The van der Waals surface area contributed by atoms with Gasteiger partial charge in [0.1, 0.15) is 5.82 Å². The van der Waals surface area contributed by atoms with Gasteiger partial charge < -0.3 is 9.88 Å². The second-order valence-electron chi connectivity index (χ2n) is 9.16. The molecule has 168 valence electrons. The molecule has 0 spiro atoms.